The van der Waals surface area contributed by atoms with E-state index in [0.29, 0.717) is 0 Å². The highest BCUT2D eigenvalue weighted by molar-refractivity contribution is 6.16. The first-order valence-electron chi connectivity index (χ1n) is 16.9. The number of fused-ring (bicyclic) bond motifs is 7. The van der Waals surface area contributed by atoms with Crippen LogP contribution in [0.15, 0.2) is 187 Å². The predicted octanol–water partition coefficient (Wildman–Crippen LogP) is 13.2. The quantitative estimate of drug-likeness (QED) is 0.176. The average Bonchev–Trinajstić information content (AvgIpc) is 3.55. The first-order chi connectivity index (χ1) is 24.8. The molecule has 0 amide bonds. The van der Waals surface area contributed by atoms with Crippen LogP contribution < -0.4 is 4.90 Å². The Morgan fingerprint density at radius 3 is 1.68 bits per heavy atom. The van der Waals surface area contributed by atoms with Crippen LogP contribution in [0.25, 0.3) is 76.5 Å². The summed E-state index contributed by atoms with van der Waals surface area (Å²) in [7, 11) is 0. The number of benzene rings is 8. The smallest absolute Gasteiger partial charge is 0.155 e. The van der Waals surface area contributed by atoms with Gasteiger partial charge in [0.15, 0.2) is 5.58 Å². The number of anilines is 3. The van der Waals surface area contributed by atoms with E-state index in [0.717, 1.165) is 44.4 Å². The minimum atomic E-state index is 0.763. The lowest BCUT2D eigenvalue weighted by Crippen LogP contribution is -2.10. The van der Waals surface area contributed by atoms with Gasteiger partial charge >= 0.3 is 0 Å². The second-order valence-electron chi connectivity index (χ2n) is 12.8. The molecule has 50 heavy (non-hydrogen) atoms. The number of hydrogen-bond donors (Lipinski definition) is 0. The fourth-order valence-electron chi connectivity index (χ4n) is 7.41. The van der Waals surface area contributed by atoms with Crippen LogP contribution in [0.2, 0.25) is 0 Å². The Labute approximate surface area is 289 Å². The molecule has 0 atom stereocenters. The molecule has 0 aliphatic carbocycles. The zero-order valence-electron chi connectivity index (χ0n) is 27.1. The second kappa shape index (κ2) is 11.5. The van der Waals surface area contributed by atoms with Gasteiger partial charge < -0.3 is 9.32 Å². The van der Waals surface area contributed by atoms with E-state index in [1.807, 2.05) is 12.4 Å². The topological polar surface area (TPSA) is 29.3 Å². The first kappa shape index (κ1) is 28.3. The molecule has 0 aliphatic heterocycles. The van der Waals surface area contributed by atoms with Gasteiger partial charge in [0.05, 0.1) is 23.5 Å². The van der Waals surface area contributed by atoms with Crippen LogP contribution in [0.1, 0.15) is 0 Å². The molecule has 10 aromatic rings. The van der Waals surface area contributed by atoms with Crippen molar-refractivity contribution in [3.63, 3.8) is 0 Å². The molecule has 0 N–H and O–H groups in total. The first-order valence-corrected chi connectivity index (χ1v) is 16.9. The van der Waals surface area contributed by atoms with Crippen molar-refractivity contribution < 1.29 is 4.42 Å². The van der Waals surface area contributed by atoms with Gasteiger partial charge in [-0.25, -0.2) is 0 Å². The van der Waals surface area contributed by atoms with E-state index >= 15 is 0 Å². The standard InChI is InChI=1S/C47H30N2O/c1-2-8-31(9-3-1)32-18-22-39(23-19-32)49(44-29-48-30-46-47(44)43-27-36-11-4-5-12-37(36)28-45(43)50-46)40-24-20-33(21-25-40)38-17-16-35-15-14-34-10-6-7-13-41(34)42(35)26-38/h1-30H. The summed E-state index contributed by atoms with van der Waals surface area (Å²) in [6.45, 7) is 0. The Kier molecular flexibility index (Phi) is 6.49. The monoisotopic (exact) mass is 638 g/mol. The van der Waals surface area contributed by atoms with Gasteiger partial charge in [-0.1, -0.05) is 127 Å². The van der Waals surface area contributed by atoms with E-state index in [2.05, 4.69) is 175 Å². The minimum Gasteiger partial charge on any atom is -0.454 e. The molecule has 0 spiro atoms. The molecule has 10 rings (SSSR count). The van der Waals surface area contributed by atoms with E-state index in [9.17, 15) is 0 Å². The Morgan fingerprint density at radius 2 is 0.940 bits per heavy atom. The van der Waals surface area contributed by atoms with Crippen LogP contribution >= 0.6 is 0 Å². The van der Waals surface area contributed by atoms with Gasteiger partial charge in [0, 0.05) is 16.8 Å². The third-order valence-corrected chi connectivity index (χ3v) is 9.91. The summed E-state index contributed by atoms with van der Waals surface area (Å²) in [6.07, 6.45) is 3.78. The van der Waals surface area contributed by atoms with E-state index < -0.39 is 0 Å². The third kappa shape index (κ3) is 4.71. The molecule has 0 aliphatic rings. The average molecular weight is 639 g/mol. The molecule has 0 radical (unpaired) electrons. The summed E-state index contributed by atoms with van der Waals surface area (Å²) in [5.41, 5.74) is 9.38. The van der Waals surface area contributed by atoms with Crippen LogP contribution in [0.3, 0.4) is 0 Å². The molecule has 0 fully saturated rings. The number of pyridine rings is 1. The van der Waals surface area contributed by atoms with E-state index in [1.165, 1.54) is 49.2 Å². The molecule has 234 valence electrons. The number of rotatable bonds is 5. The maximum Gasteiger partial charge on any atom is 0.155 e. The van der Waals surface area contributed by atoms with E-state index in [-0.39, 0.29) is 0 Å². The van der Waals surface area contributed by atoms with Gasteiger partial charge in [-0.15, -0.1) is 0 Å². The molecule has 2 aromatic heterocycles. The highest BCUT2D eigenvalue weighted by Gasteiger charge is 2.21. The summed E-state index contributed by atoms with van der Waals surface area (Å²) >= 11 is 0. The molecule has 0 unspecified atom stereocenters. The number of nitrogens with zero attached hydrogens (tertiary/aromatic N) is 2. The molecule has 3 heteroatoms. The van der Waals surface area contributed by atoms with Crippen LogP contribution in [0.5, 0.6) is 0 Å². The largest absolute Gasteiger partial charge is 0.454 e. The third-order valence-electron chi connectivity index (χ3n) is 9.91. The highest BCUT2D eigenvalue weighted by Crippen LogP contribution is 2.44. The van der Waals surface area contributed by atoms with E-state index in [4.69, 9.17) is 9.40 Å². The molecule has 0 saturated heterocycles. The minimum absolute atomic E-state index is 0.763. The van der Waals surface area contributed by atoms with Gasteiger partial charge in [-0.2, -0.15) is 0 Å². The summed E-state index contributed by atoms with van der Waals surface area (Å²) in [6, 6.07) is 60.7. The second-order valence-corrected chi connectivity index (χ2v) is 12.8. The van der Waals surface area contributed by atoms with Gasteiger partial charge in [-0.05, 0) is 97.0 Å². The van der Waals surface area contributed by atoms with Crippen LogP contribution in [0.4, 0.5) is 17.1 Å². The maximum atomic E-state index is 6.45. The maximum absolute atomic E-state index is 6.45. The SMILES string of the molecule is c1ccc(-c2ccc(N(c3ccc(-c4ccc5ccc6ccccc6c5c4)cc3)c3cncc4oc5cc6ccccc6cc5c34)cc2)cc1. The zero-order valence-corrected chi connectivity index (χ0v) is 27.1. The fourth-order valence-corrected chi connectivity index (χ4v) is 7.41. The summed E-state index contributed by atoms with van der Waals surface area (Å²) in [5.74, 6) is 0. The highest BCUT2D eigenvalue weighted by atomic mass is 16.3. The van der Waals surface area contributed by atoms with Crippen molar-refractivity contribution in [2.75, 3.05) is 4.90 Å². The predicted molar refractivity (Wildman–Crippen MR) is 210 cm³/mol. The normalized spacial score (nSPS) is 11.6. The summed E-state index contributed by atoms with van der Waals surface area (Å²) < 4.78 is 6.45. The van der Waals surface area contributed by atoms with Crippen molar-refractivity contribution in [3.05, 3.63) is 182 Å². The lowest BCUT2D eigenvalue weighted by Gasteiger charge is -2.26. The van der Waals surface area contributed by atoms with Crippen molar-refractivity contribution in [2.24, 2.45) is 0 Å². The van der Waals surface area contributed by atoms with Crippen LogP contribution in [0, 0.1) is 0 Å². The van der Waals surface area contributed by atoms with Crippen molar-refractivity contribution in [1.29, 1.82) is 0 Å². The molecular weight excluding hydrogens is 609 g/mol. The van der Waals surface area contributed by atoms with Crippen LogP contribution in [-0.4, -0.2) is 4.98 Å². The zero-order chi connectivity index (χ0) is 33.0. The Hall–Kier alpha value is -6.71. The molecule has 8 aromatic carbocycles. The molecule has 3 nitrogen and oxygen atoms in total. The number of hydrogen-bond acceptors (Lipinski definition) is 3. The van der Waals surface area contributed by atoms with Crippen molar-refractivity contribution >= 4 is 71.3 Å². The molecular formula is C47H30N2O. The van der Waals surface area contributed by atoms with Crippen molar-refractivity contribution in [2.45, 2.75) is 0 Å². The Morgan fingerprint density at radius 1 is 0.380 bits per heavy atom. The molecule has 0 saturated carbocycles. The van der Waals surface area contributed by atoms with Gasteiger partial charge in [0.2, 0.25) is 0 Å². The Bertz CT molecular complexity index is 2850. The number of aromatic nitrogens is 1. The van der Waals surface area contributed by atoms with Gasteiger partial charge in [0.25, 0.3) is 0 Å². The molecule has 2 heterocycles. The van der Waals surface area contributed by atoms with Crippen molar-refractivity contribution in [3.8, 4) is 22.3 Å². The lowest BCUT2D eigenvalue weighted by molar-refractivity contribution is 0.667. The Balaban J connectivity index is 1.13. The fraction of sp³-hybridized carbons (Fsp3) is 0. The van der Waals surface area contributed by atoms with Crippen molar-refractivity contribution in [1.82, 2.24) is 4.98 Å². The summed E-state index contributed by atoms with van der Waals surface area (Å²) in [4.78, 5) is 7.00. The van der Waals surface area contributed by atoms with Crippen LogP contribution in [-0.2, 0) is 0 Å². The molecule has 0 bridgehead atoms. The van der Waals surface area contributed by atoms with E-state index in [1.54, 1.807) is 0 Å². The lowest BCUT2D eigenvalue weighted by atomic mass is 9.97. The van der Waals surface area contributed by atoms with Gasteiger partial charge in [-0.3, -0.25) is 4.98 Å². The number of furan rings is 1. The summed E-state index contributed by atoms with van der Waals surface area (Å²) in [5, 5.41) is 9.48. The van der Waals surface area contributed by atoms with Gasteiger partial charge in [0.1, 0.15) is 5.58 Å².